The highest BCUT2D eigenvalue weighted by Gasteiger charge is 2.22. The Morgan fingerprint density at radius 1 is 1.35 bits per heavy atom. The lowest BCUT2D eigenvalue weighted by molar-refractivity contribution is 0.183. The summed E-state index contributed by atoms with van der Waals surface area (Å²) < 4.78 is 5.41. The third kappa shape index (κ3) is 3.16. The maximum absolute atomic E-state index is 5.41. The molecule has 2 heterocycles. The van der Waals surface area contributed by atoms with Crippen LogP contribution >= 0.6 is 0 Å². The van der Waals surface area contributed by atoms with Crippen LogP contribution in [0.25, 0.3) is 0 Å². The minimum absolute atomic E-state index is 0.396. The van der Waals surface area contributed by atoms with Crippen molar-refractivity contribution < 1.29 is 4.74 Å². The third-order valence-electron chi connectivity index (χ3n) is 3.33. The van der Waals surface area contributed by atoms with Crippen molar-refractivity contribution in [2.75, 3.05) is 18.5 Å². The summed E-state index contributed by atoms with van der Waals surface area (Å²) in [7, 11) is 0. The summed E-state index contributed by atoms with van der Waals surface area (Å²) in [5.74, 6) is 1.94. The van der Waals surface area contributed by atoms with E-state index in [1.165, 1.54) is 0 Å². The molecule has 0 amide bonds. The quantitative estimate of drug-likeness (QED) is 0.870. The van der Waals surface area contributed by atoms with E-state index in [1.54, 1.807) is 6.33 Å². The summed E-state index contributed by atoms with van der Waals surface area (Å²) in [6, 6.07) is 2.43. The van der Waals surface area contributed by atoms with Crippen molar-refractivity contribution in [2.24, 2.45) is 5.92 Å². The SMILES string of the molecule is CC(C)c1cc(NC(C)C2CCOC2)ncn1. The maximum atomic E-state index is 5.41. The van der Waals surface area contributed by atoms with Crippen LogP contribution in [0.15, 0.2) is 12.4 Å². The zero-order chi connectivity index (χ0) is 12.3. The van der Waals surface area contributed by atoms with Crippen LogP contribution in [0.4, 0.5) is 5.82 Å². The average Bonchev–Trinajstić information content (AvgIpc) is 2.82. The van der Waals surface area contributed by atoms with Gasteiger partial charge < -0.3 is 10.1 Å². The molecular formula is C13H21N3O. The first-order valence-electron chi connectivity index (χ1n) is 6.33. The molecule has 1 aliphatic rings. The van der Waals surface area contributed by atoms with Crippen molar-refractivity contribution in [3.8, 4) is 0 Å². The molecule has 0 saturated carbocycles. The van der Waals surface area contributed by atoms with Crippen molar-refractivity contribution in [3.63, 3.8) is 0 Å². The van der Waals surface area contributed by atoms with Crippen LogP contribution in [0.3, 0.4) is 0 Å². The molecule has 1 aromatic heterocycles. The van der Waals surface area contributed by atoms with E-state index in [1.807, 2.05) is 6.07 Å². The third-order valence-corrected chi connectivity index (χ3v) is 3.33. The molecule has 4 nitrogen and oxygen atoms in total. The van der Waals surface area contributed by atoms with Gasteiger partial charge in [-0.1, -0.05) is 13.8 Å². The van der Waals surface area contributed by atoms with E-state index in [4.69, 9.17) is 4.74 Å². The van der Waals surface area contributed by atoms with Crippen LogP contribution in [0.5, 0.6) is 0 Å². The molecule has 0 spiro atoms. The van der Waals surface area contributed by atoms with E-state index < -0.39 is 0 Å². The summed E-state index contributed by atoms with van der Waals surface area (Å²) in [6.07, 6.45) is 2.77. The number of aromatic nitrogens is 2. The molecular weight excluding hydrogens is 214 g/mol. The highest BCUT2D eigenvalue weighted by molar-refractivity contribution is 5.36. The Kier molecular flexibility index (Phi) is 3.94. The monoisotopic (exact) mass is 235 g/mol. The van der Waals surface area contributed by atoms with Gasteiger partial charge >= 0.3 is 0 Å². The van der Waals surface area contributed by atoms with Crippen LogP contribution < -0.4 is 5.32 Å². The van der Waals surface area contributed by atoms with Gasteiger partial charge in [-0.15, -0.1) is 0 Å². The Morgan fingerprint density at radius 2 is 2.18 bits per heavy atom. The molecule has 2 atom stereocenters. The second-order valence-corrected chi connectivity index (χ2v) is 5.04. The number of hydrogen-bond acceptors (Lipinski definition) is 4. The molecule has 1 aliphatic heterocycles. The number of rotatable bonds is 4. The predicted molar refractivity (Wildman–Crippen MR) is 68.1 cm³/mol. The van der Waals surface area contributed by atoms with Crippen LogP contribution in [-0.2, 0) is 4.74 Å². The first kappa shape index (κ1) is 12.3. The van der Waals surface area contributed by atoms with Crippen LogP contribution in [0.2, 0.25) is 0 Å². The van der Waals surface area contributed by atoms with Crippen molar-refractivity contribution in [1.29, 1.82) is 0 Å². The van der Waals surface area contributed by atoms with Gasteiger partial charge in [-0.05, 0) is 19.3 Å². The van der Waals surface area contributed by atoms with Gasteiger partial charge in [-0.2, -0.15) is 0 Å². The molecule has 94 valence electrons. The van der Waals surface area contributed by atoms with E-state index in [-0.39, 0.29) is 0 Å². The van der Waals surface area contributed by atoms with Crippen molar-refractivity contribution in [2.45, 2.75) is 39.2 Å². The first-order valence-corrected chi connectivity index (χ1v) is 6.33. The predicted octanol–water partition coefficient (Wildman–Crippen LogP) is 2.44. The molecule has 1 aromatic rings. The molecule has 1 N–H and O–H groups in total. The molecule has 0 aliphatic carbocycles. The van der Waals surface area contributed by atoms with Crippen LogP contribution in [0.1, 0.15) is 38.8 Å². The Labute approximate surface area is 103 Å². The lowest BCUT2D eigenvalue weighted by atomic mass is 10.0. The molecule has 2 rings (SSSR count). The fourth-order valence-corrected chi connectivity index (χ4v) is 2.07. The Morgan fingerprint density at radius 3 is 2.82 bits per heavy atom. The summed E-state index contributed by atoms with van der Waals surface area (Å²) in [5.41, 5.74) is 1.08. The smallest absolute Gasteiger partial charge is 0.129 e. The van der Waals surface area contributed by atoms with Crippen molar-refractivity contribution in [1.82, 2.24) is 9.97 Å². The highest BCUT2D eigenvalue weighted by Crippen LogP contribution is 2.20. The average molecular weight is 235 g/mol. The number of nitrogens with zero attached hydrogens (tertiary/aromatic N) is 2. The number of hydrogen-bond donors (Lipinski definition) is 1. The zero-order valence-corrected chi connectivity index (χ0v) is 10.8. The first-order chi connectivity index (χ1) is 8.16. The summed E-state index contributed by atoms with van der Waals surface area (Å²) >= 11 is 0. The van der Waals surface area contributed by atoms with Gasteiger partial charge in [-0.25, -0.2) is 9.97 Å². The minimum Gasteiger partial charge on any atom is -0.381 e. The highest BCUT2D eigenvalue weighted by atomic mass is 16.5. The van der Waals surface area contributed by atoms with E-state index in [0.29, 0.717) is 17.9 Å². The largest absolute Gasteiger partial charge is 0.381 e. The number of nitrogens with one attached hydrogen (secondary N) is 1. The van der Waals surface area contributed by atoms with E-state index in [2.05, 4.69) is 36.1 Å². The van der Waals surface area contributed by atoms with Gasteiger partial charge in [0.2, 0.25) is 0 Å². The van der Waals surface area contributed by atoms with Crippen molar-refractivity contribution in [3.05, 3.63) is 18.1 Å². The second-order valence-electron chi connectivity index (χ2n) is 5.04. The van der Waals surface area contributed by atoms with Gasteiger partial charge in [0.15, 0.2) is 0 Å². The Hall–Kier alpha value is -1.16. The topological polar surface area (TPSA) is 47.0 Å². The van der Waals surface area contributed by atoms with Crippen LogP contribution in [0, 0.1) is 5.92 Å². The molecule has 1 saturated heterocycles. The standard InChI is InChI=1S/C13H21N3O/c1-9(2)12-6-13(15-8-14-12)16-10(3)11-4-5-17-7-11/h6,8-11H,4-5,7H2,1-3H3,(H,14,15,16). The van der Waals surface area contributed by atoms with Gasteiger partial charge in [0.05, 0.1) is 6.61 Å². The second kappa shape index (κ2) is 5.45. The molecule has 17 heavy (non-hydrogen) atoms. The Balaban J connectivity index is 1.99. The van der Waals surface area contributed by atoms with Gasteiger partial charge in [0, 0.05) is 30.3 Å². The summed E-state index contributed by atoms with van der Waals surface area (Å²) in [4.78, 5) is 8.54. The molecule has 1 fully saturated rings. The lowest BCUT2D eigenvalue weighted by Crippen LogP contribution is -2.26. The molecule has 0 aromatic carbocycles. The van der Waals surface area contributed by atoms with Crippen molar-refractivity contribution >= 4 is 5.82 Å². The fraction of sp³-hybridized carbons (Fsp3) is 0.692. The fourth-order valence-electron chi connectivity index (χ4n) is 2.07. The van der Waals surface area contributed by atoms with E-state index >= 15 is 0 Å². The molecule has 0 radical (unpaired) electrons. The van der Waals surface area contributed by atoms with Gasteiger partial charge in [-0.3, -0.25) is 0 Å². The van der Waals surface area contributed by atoms with E-state index in [0.717, 1.165) is 31.1 Å². The Bertz CT molecular complexity index is 361. The molecule has 2 unspecified atom stereocenters. The number of anilines is 1. The maximum Gasteiger partial charge on any atom is 0.129 e. The molecule has 0 bridgehead atoms. The van der Waals surface area contributed by atoms with Gasteiger partial charge in [0.1, 0.15) is 12.1 Å². The zero-order valence-electron chi connectivity index (χ0n) is 10.8. The minimum atomic E-state index is 0.396. The van der Waals surface area contributed by atoms with Gasteiger partial charge in [0.25, 0.3) is 0 Å². The summed E-state index contributed by atoms with van der Waals surface area (Å²) in [5, 5.41) is 3.45. The lowest BCUT2D eigenvalue weighted by Gasteiger charge is -2.20. The van der Waals surface area contributed by atoms with E-state index in [9.17, 15) is 0 Å². The number of ether oxygens (including phenoxy) is 1. The molecule has 4 heteroatoms. The van der Waals surface area contributed by atoms with Crippen LogP contribution in [-0.4, -0.2) is 29.2 Å². The normalized spacial score (nSPS) is 21.8. The summed E-state index contributed by atoms with van der Waals surface area (Å²) in [6.45, 7) is 8.21.